The number of phenolic OH excluding ortho intramolecular Hbond substituents is 1. The second kappa shape index (κ2) is 15.1. The van der Waals surface area contributed by atoms with Crippen LogP contribution in [-0.2, 0) is 36.8 Å². The molecule has 3 rings (SSSR count). The van der Waals surface area contributed by atoms with E-state index in [-0.39, 0.29) is 43.9 Å². The van der Waals surface area contributed by atoms with Gasteiger partial charge in [-0.2, -0.15) is 0 Å². The van der Waals surface area contributed by atoms with Crippen molar-refractivity contribution >= 4 is 29.5 Å². The smallest absolute Gasteiger partial charge is 0.252 e. The van der Waals surface area contributed by atoms with E-state index in [1.807, 2.05) is 13.8 Å². The number of benzene rings is 2. The quantitative estimate of drug-likeness (QED) is 0.257. The van der Waals surface area contributed by atoms with Crippen LogP contribution in [0.3, 0.4) is 0 Å². The molecule has 0 aromatic heterocycles. The van der Waals surface area contributed by atoms with Crippen molar-refractivity contribution in [3.63, 3.8) is 0 Å². The summed E-state index contributed by atoms with van der Waals surface area (Å²) in [5, 5.41) is 17.4. The third-order valence-electron chi connectivity index (χ3n) is 6.92. The minimum absolute atomic E-state index is 0.0113. The lowest BCUT2D eigenvalue weighted by Gasteiger charge is -2.35. The van der Waals surface area contributed by atoms with Crippen LogP contribution in [0.5, 0.6) is 5.75 Å². The zero-order valence-corrected chi connectivity index (χ0v) is 23.9. The summed E-state index contributed by atoms with van der Waals surface area (Å²) in [7, 11) is 0. The van der Waals surface area contributed by atoms with Crippen molar-refractivity contribution in [2.24, 2.45) is 17.4 Å². The molecule has 0 spiro atoms. The summed E-state index contributed by atoms with van der Waals surface area (Å²) in [6.45, 7) is 3.29. The van der Waals surface area contributed by atoms with Crippen molar-refractivity contribution < 1.29 is 29.1 Å². The van der Waals surface area contributed by atoms with Gasteiger partial charge in [0, 0.05) is 13.0 Å². The van der Waals surface area contributed by atoms with Crippen molar-refractivity contribution in [3.05, 3.63) is 65.7 Å². The fourth-order valence-electron chi connectivity index (χ4n) is 4.71. The molecule has 4 atom stereocenters. The van der Waals surface area contributed by atoms with E-state index in [2.05, 4.69) is 16.0 Å². The van der Waals surface area contributed by atoms with Gasteiger partial charge in [0.1, 0.15) is 17.8 Å². The molecule has 0 bridgehead atoms. The molecule has 226 valence electrons. The molecule has 0 saturated carbocycles. The molecule has 12 nitrogen and oxygen atoms in total. The van der Waals surface area contributed by atoms with E-state index >= 15 is 0 Å². The van der Waals surface area contributed by atoms with Gasteiger partial charge in [-0.05, 0) is 48.4 Å². The van der Waals surface area contributed by atoms with Crippen LogP contribution in [0, 0.1) is 5.92 Å². The van der Waals surface area contributed by atoms with Crippen LogP contribution in [0.4, 0.5) is 0 Å². The first-order valence-electron chi connectivity index (χ1n) is 14.0. The van der Waals surface area contributed by atoms with E-state index in [0.29, 0.717) is 11.1 Å². The lowest BCUT2D eigenvalue weighted by molar-refractivity contribution is -0.155. The number of carbonyl (C=O) groups is 5. The zero-order chi connectivity index (χ0) is 30.8. The van der Waals surface area contributed by atoms with Gasteiger partial charge >= 0.3 is 0 Å². The minimum atomic E-state index is -1.25. The Labute approximate surface area is 245 Å². The van der Waals surface area contributed by atoms with Crippen LogP contribution in [0.25, 0.3) is 0 Å². The summed E-state index contributed by atoms with van der Waals surface area (Å²) in [4.78, 5) is 68.0. The fourth-order valence-corrected chi connectivity index (χ4v) is 4.71. The summed E-state index contributed by atoms with van der Waals surface area (Å²) < 4.78 is 0. The molecule has 1 fully saturated rings. The van der Waals surface area contributed by atoms with E-state index in [1.54, 1.807) is 42.5 Å². The summed E-state index contributed by atoms with van der Waals surface area (Å²) in [5.41, 5.74) is 13.6. The predicted molar refractivity (Wildman–Crippen MR) is 156 cm³/mol. The number of hydrogen-bond acceptors (Lipinski definition) is 8. The maximum absolute atomic E-state index is 14.3. The Morgan fingerprint density at radius 3 is 2.29 bits per heavy atom. The summed E-state index contributed by atoms with van der Waals surface area (Å²) in [5.74, 6) is -3.46. The number of nitrogens with zero attached hydrogens (tertiary/aromatic N) is 1. The highest BCUT2D eigenvalue weighted by atomic mass is 16.3. The summed E-state index contributed by atoms with van der Waals surface area (Å²) in [6.07, 6.45) is 0.266. The molecule has 12 heteroatoms. The van der Waals surface area contributed by atoms with Crippen molar-refractivity contribution in [2.45, 2.75) is 63.7 Å². The van der Waals surface area contributed by atoms with Crippen LogP contribution in [-0.4, -0.2) is 76.8 Å². The van der Waals surface area contributed by atoms with Crippen LogP contribution >= 0.6 is 0 Å². The van der Waals surface area contributed by atoms with E-state index in [4.69, 9.17) is 11.5 Å². The monoisotopic (exact) mass is 580 g/mol. The Balaban J connectivity index is 2.05. The Morgan fingerprint density at radius 2 is 1.64 bits per heavy atom. The van der Waals surface area contributed by atoms with Crippen LogP contribution in [0.1, 0.15) is 37.8 Å². The topological polar surface area (TPSA) is 197 Å². The van der Waals surface area contributed by atoms with E-state index in [1.165, 1.54) is 12.1 Å². The number of nitrogens with one attached hydrogen (secondary N) is 3. The van der Waals surface area contributed by atoms with Crippen LogP contribution < -0.4 is 27.4 Å². The van der Waals surface area contributed by atoms with Gasteiger partial charge in [-0.15, -0.1) is 0 Å². The van der Waals surface area contributed by atoms with Crippen molar-refractivity contribution in [1.29, 1.82) is 0 Å². The number of carbonyl (C=O) groups excluding carboxylic acids is 5. The van der Waals surface area contributed by atoms with Crippen molar-refractivity contribution in [2.75, 3.05) is 13.1 Å². The molecule has 8 N–H and O–H groups in total. The normalized spacial score (nSPS) is 21.6. The van der Waals surface area contributed by atoms with E-state index in [9.17, 15) is 29.1 Å². The molecule has 1 aliphatic heterocycles. The Bertz CT molecular complexity index is 1250. The Hall–Kier alpha value is -4.29. The largest absolute Gasteiger partial charge is 0.508 e. The molecule has 1 heterocycles. The highest BCUT2D eigenvalue weighted by molar-refractivity contribution is 6.05. The number of phenols is 1. The maximum atomic E-state index is 14.3. The van der Waals surface area contributed by atoms with Gasteiger partial charge in [-0.25, -0.2) is 0 Å². The predicted octanol–water partition coefficient (Wildman–Crippen LogP) is -0.277. The highest BCUT2D eigenvalue weighted by Crippen LogP contribution is 2.19. The number of aromatic hydroxyl groups is 1. The lowest BCUT2D eigenvalue weighted by atomic mass is 9.96. The Morgan fingerprint density at radius 1 is 0.976 bits per heavy atom. The summed E-state index contributed by atoms with van der Waals surface area (Å²) >= 11 is 0. The van der Waals surface area contributed by atoms with Gasteiger partial charge in [-0.1, -0.05) is 56.3 Å². The first-order valence-corrected chi connectivity index (χ1v) is 14.0. The third-order valence-corrected chi connectivity index (χ3v) is 6.92. The number of hydrogen-bond donors (Lipinski definition) is 6. The van der Waals surface area contributed by atoms with Gasteiger partial charge in [0.05, 0.1) is 18.6 Å². The fraction of sp³-hybridized carbons (Fsp3) is 0.433. The molecule has 2 aromatic rings. The molecule has 5 amide bonds. The number of nitrogens with two attached hydrogens (primary N) is 2. The second-order valence-corrected chi connectivity index (χ2v) is 10.9. The minimum Gasteiger partial charge on any atom is -0.508 e. The number of rotatable bonds is 7. The van der Waals surface area contributed by atoms with Gasteiger partial charge < -0.3 is 32.5 Å². The van der Waals surface area contributed by atoms with E-state index < -0.39 is 60.2 Å². The maximum Gasteiger partial charge on any atom is 0.252 e. The van der Waals surface area contributed by atoms with Gasteiger partial charge in [0.25, 0.3) is 5.91 Å². The van der Waals surface area contributed by atoms with E-state index in [0.717, 1.165) is 4.90 Å². The molecule has 2 aromatic carbocycles. The third kappa shape index (κ3) is 9.11. The zero-order valence-electron chi connectivity index (χ0n) is 23.9. The standard InChI is InChI=1S/C30H40N6O6/c1-18(2)14-25-28(40)33-13-12-22(31)27(39)34-17-26(38)35-24(16-19-6-4-3-5-7-19)30(42)36(25)29(41)23(32)15-20-8-10-21(37)11-9-20/h3-11,18,22-25,37H,12-17,31-32H2,1-2H3,(H,33,40)(H,34,39)(H,35,38). The highest BCUT2D eigenvalue weighted by Gasteiger charge is 2.41. The average molecular weight is 581 g/mol. The summed E-state index contributed by atoms with van der Waals surface area (Å²) in [6, 6.07) is 10.4. The number of amides is 5. The molecular formula is C30H40N6O6. The number of imide groups is 1. The SMILES string of the molecule is CC(C)CC1C(=O)NCCC(N)C(=O)NCC(=O)NC(Cc2ccccc2)C(=O)N1C(=O)C(N)Cc1ccc(O)cc1. The van der Waals surface area contributed by atoms with Crippen molar-refractivity contribution in [1.82, 2.24) is 20.9 Å². The van der Waals surface area contributed by atoms with Gasteiger partial charge in [0.15, 0.2) is 0 Å². The van der Waals surface area contributed by atoms with Crippen LogP contribution in [0.15, 0.2) is 54.6 Å². The molecule has 4 unspecified atom stereocenters. The Kier molecular flexibility index (Phi) is 11.6. The molecule has 1 aliphatic rings. The lowest BCUT2D eigenvalue weighted by Crippen LogP contribution is -2.62. The molecule has 0 radical (unpaired) electrons. The van der Waals surface area contributed by atoms with Gasteiger partial charge in [0.2, 0.25) is 23.6 Å². The van der Waals surface area contributed by atoms with Gasteiger partial charge in [-0.3, -0.25) is 28.9 Å². The molecule has 0 aliphatic carbocycles. The molecule has 1 saturated heterocycles. The molecular weight excluding hydrogens is 540 g/mol. The molecule has 42 heavy (non-hydrogen) atoms. The average Bonchev–Trinajstić information content (AvgIpc) is 2.95. The second-order valence-electron chi connectivity index (χ2n) is 10.9. The van der Waals surface area contributed by atoms with Crippen molar-refractivity contribution in [3.8, 4) is 5.75 Å². The van der Waals surface area contributed by atoms with Crippen LogP contribution in [0.2, 0.25) is 0 Å². The first kappa shape index (κ1) is 32.2. The first-order chi connectivity index (χ1) is 20.0.